The molecule has 0 aliphatic carbocycles. The Labute approximate surface area is 97.3 Å². The summed E-state index contributed by atoms with van der Waals surface area (Å²) in [4.78, 5) is 10.4. The number of fused-ring (bicyclic) bond motifs is 1. The maximum absolute atomic E-state index is 10.4. The minimum atomic E-state index is -1.13. The van der Waals surface area contributed by atoms with E-state index in [2.05, 4.69) is 5.32 Å². The zero-order valence-electron chi connectivity index (χ0n) is 8.11. The molecular formula is C9H8BClNO4. The third-order valence-corrected chi connectivity index (χ3v) is 2.65. The van der Waals surface area contributed by atoms with Crippen LogP contribution in [0.15, 0.2) is 12.1 Å². The molecule has 1 amide bonds. The molecule has 1 aromatic rings. The Kier molecular flexibility index (Phi) is 2.94. The molecule has 0 saturated carbocycles. The lowest BCUT2D eigenvalue weighted by Gasteiger charge is -2.13. The number of nitrogens with one attached hydrogen (secondary N) is 1. The molecule has 1 atom stereocenters. The van der Waals surface area contributed by atoms with Gasteiger partial charge in [-0.25, -0.2) is 4.79 Å². The zero-order chi connectivity index (χ0) is 11.7. The summed E-state index contributed by atoms with van der Waals surface area (Å²) in [6.45, 7) is 0.0853. The number of hydrogen-bond donors (Lipinski definition) is 3. The van der Waals surface area contributed by atoms with E-state index in [0.717, 1.165) is 0 Å². The van der Waals surface area contributed by atoms with Crippen molar-refractivity contribution in [3.8, 4) is 5.75 Å². The first-order valence-corrected chi connectivity index (χ1v) is 4.94. The van der Waals surface area contributed by atoms with Crippen LogP contribution >= 0.6 is 11.6 Å². The highest BCUT2D eigenvalue weighted by Crippen LogP contribution is 2.30. The lowest BCUT2D eigenvalue weighted by molar-refractivity contribution is 0.180. The van der Waals surface area contributed by atoms with Gasteiger partial charge in [0.05, 0.1) is 6.10 Å². The highest BCUT2D eigenvalue weighted by Gasteiger charge is 2.29. The normalized spacial score (nSPS) is 17.7. The molecule has 1 aliphatic rings. The largest absolute Gasteiger partial charge is 0.508 e. The van der Waals surface area contributed by atoms with Crippen LogP contribution in [0.4, 0.5) is 4.79 Å². The van der Waals surface area contributed by atoms with Crippen LogP contribution < -0.4 is 10.8 Å². The summed E-state index contributed by atoms with van der Waals surface area (Å²) < 4.78 is 5.24. The van der Waals surface area contributed by atoms with E-state index in [9.17, 15) is 9.90 Å². The molecule has 16 heavy (non-hydrogen) atoms. The smallest absolute Gasteiger partial charge is 0.404 e. The van der Waals surface area contributed by atoms with Crippen LogP contribution in [0.1, 0.15) is 11.7 Å². The topological polar surface area (TPSA) is 78.8 Å². The van der Waals surface area contributed by atoms with E-state index in [4.69, 9.17) is 21.4 Å². The summed E-state index contributed by atoms with van der Waals surface area (Å²) in [7, 11) is 1.38. The number of carbonyl (C=O) groups is 1. The van der Waals surface area contributed by atoms with Crippen LogP contribution in [0.2, 0.25) is 5.02 Å². The molecule has 1 radical (unpaired) electrons. The number of phenols is 1. The first-order chi connectivity index (χ1) is 7.59. The van der Waals surface area contributed by atoms with Crippen molar-refractivity contribution >= 4 is 30.6 Å². The Balaban J connectivity index is 2.25. The number of hydrogen-bond acceptors (Lipinski definition) is 3. The van der Waals surface area contributed by atoms with Crippen molar-refractivity contribution in [2.45, 2.75) is 6.10 Å². The third kappa shape index (κ3) is 1.94. The SMILES string of the molecule is O=C(O)NCC1O[B]c2c(O)ccc(Cl)c21. The molecule has 1 heterocycles. The van der Waals surface area contributed by atoms with E-state index in [-0.39, 0.29) is 12.3 Å². The first kappa shape index (κ1) is 11.1. The number of carboxylic acid groups (broad SMARTS) is 1. The molecular weight excluding hydrogens is 232 g/mol. The van der Waals surface area contributed by atoms with Crippen LogP contribution in [0, 0.1) is 0 Å². The highest BCUT2D eigenvalue weighted by molar-refractivity contribution is 6.51. The van der Waals surface area contributed by atoms with Crippen LogP contribution in [-0.2, 0) is 4.65 Å². The molecule has 83 valence electrons. The fourth-order valence-corrected chi connectivity index (χ4v) is 1.88. The van der Waals surface area contributed by atoms with Gasteiger partial charge in [-0.05, 0) is 23.2 Å². The Morgan fingerprint density at radius 2 is 2.38 bits per heavy atom. The van der Waals surface area contributed by atoms with Crippen molar-refractivity contribution < 1.29 is 19.7 Å². The molecule has 0 aromatic heterocycles. The van der Waals surface area contributed by atoms with E-state index < -0.39 is 12.2 Å². The maximum atomic E-state index is 10.4. The van der Waals surface area contributed by atoms with Gasteiger partial charge in [0.15, 0.2) is 0 Å². The zero-order valence-corrected chi connectivity index (χ0v) is 8.86. The van der Waals surface area contributed by atoms with Crippen molar-refractivity contribution in [3.05, 3.63) is 22.7 Å². The lowest BCUT2D eigenvalue weighted by atomic mass is 9.85. The van der Waals surface area contributed by atoms with Crippen molar-refractivity contribution in [1.29, 1.82) is 0 Å². The number of rotatable bonds is 2. The molecule has 0 bridgehead atoms. The van der Waals surface area contributed by atoms with E-state index >= 15 is 0 Å². The summed E-state index contributed by atoms with van der Waals surface area (Å²) in [5, 5.41) is 20.7. The van der Waals surface area contributed by atoms with Crippen molar-refractivity contribution in [1.82, 2.24) is 5.32 Å². The van der Waals surface area contributed by atoms with Crippen LogP contribution in [-0.4, -0.2) is 30.3 Å². The second-order valence-electron chi connectivity index (χ2n) is 3.32. The average Bonchev–Trinajstić information content (AvgIpc) is 2.65. The third-order valence-electron chi connectivity index (χ3n) is 2.32. The predicted molar refractivity (Wildman–Crippen MR) is 58.4 cm³/mol. The van der Waals surface area contributed by atoms with E-state index in [1.54, 1.807) is 6.07 Å². The number of halogens is 1. The van der Waals surface area contributed by atoms with Crippen molar-refractivity contribution in [2.75, 3.05) is 6.54 Å². The summed E-state index contributed by atoms with van der Waals surface area (Å²) in [6.07, 6.45) is -1.63. The first-order valence-electron chi connectivity index (χ1n) is 4.56. The average molecular weight is 240 g/mol. The summed E-state index contributed by atoms with van der Waals surface area (Å²) in [6, 6.07) is 3.01. The number of benzene rings is 1. The Morgan fingerprint density at radius 3 is 3.06 bits per heavy atom. The monoisotopic (exact) mass is 240 g/mol. The van der Waals surface area contributed by atoms with Gasteiger partial charge in [-0.3, -0.25) is 0 Å². The van der Waals surface area contributed by atoms with Gasteiger partial charge >= 0.3 is 13.6 Å². The molecule has 0 fully saturated rings. The molecule has 1 aliphatic heterocycles. The van der Waals surface area contributed by atoms with Crippen LogP contribution in [0.25, 0.3) is 0 Å². The number of phenolic OH excluding ortho intramolecular Hbond substituents is 1. The Hall–Kier alpha value is -1.40. The van der Waals surface area contributed by atoms with Gasteiger partial charge in [0.2, 0.25) is 0 Å². The molecule has 5 nitrogen and oxygen atoms in total. The molecule has 1 unspecified atom stereocenters. The molecule has 3 N–H and O–H groups in total. The van der Waals surface area contributed by atoms with Gasteiger partial charge < -0.3 is 20.2 Å². The fourth-order valence-electron chi connectivity index (χ4n) is 1.60. The molecule has 2 rings (SSSR count). The Morgan fingerprint density at radius 1 is 1.62 bits per heavy atom. The van der Waals surface area contributed by atoms with Crippen molar-refractivity contribution in [2.24, 2.45) is 0 Å². The number of aromatic hydroxyl groups is 1. The van der Waals surface area contributed by atoms with E-state index in [1.807, 2.05) is 0 Å². The highest BCUT2D eigenvalue weighted by atomic mass is 35.5. The maximum Gasteiger partial charge on any atom is 0.404 e. The summed E-state index contributed by atoms with van der Waals surface area (Å²) in [5.41, 5.74) is 1.11. The molecule has 0 spiro atoms. The molecule has 7 heteroatoms. The number of amides is 1. The van der Waals surface area contributed by atoms with Gasteiger partial charge in [0, 0.05) is 11.6 Å². The van der Waals surface area contributed by atoms with E-state index in [0.29, 0.717) is 16.0 Å². The van der Waals surface area contributed by atoms with Crippen LogP contribution in [0.3, 0.4) is 0 Å². The fraction of sp³-hybridized carbons (Fsp3) is 0.222. The van der Waals surface area contributed by atoms with E-state index in [1.165, 1.54) is 13.5 Å². The van der Waals surface area contributed by atoms with Crippen LogP contribution in [0.5, 0.6) is 5.75 Å². The minimum absolute atomic E-state index is 0.0669. The summed E-state index contributed by atoms with van der Waals surface area (Å²) >= 11 is 5.97. The van der Waals surface area contributed by atoms with Gasteiger partial charge in [-0.2, -0.15) is 0 Å². The van der Waals surface area contributed by atoms with Gasteiger partial charge in [0.1, 0.15) is 5.75 Å². The van der Waals surface area contributed by atoms with Gasteiger partial charge in [-0.15, -0.1) is 0 Å². The van der Waals surface area contributed by atoms with Gasteiger partial charge in [0.25, 0.3) is 0 Å². The molecule has 0 saturated heterocycles. The lowest BCUT2D eigenvalue weighted by Crippen LogP contribution is -2.26. The summed E-state index contributed by atoms with van der Waals surface area (Å²) in [5.74, 6) is 0.0669. The Bertz CT molecular complexity index is 440. The standard InChI is InChI=1S/C9H8BClNO4/c11-4-1-2-5(13)8-7(4)6(16-10-8)3-12-9(14)15/h1-2,6,12-13H,3H2,(H,14,15). The second kappa shape index (κ2) is 4.23. The predicted octanol–water partition coefficient (Wildman–Crippen LogP) is 0.629. The van der Waals surface area contributed by atoms with Crippen molar-refractivity contribution in [3.63, 3.8) is 0 Å². The molecule has 1 aromatic carbocycles. The second-order valence-corrected chi connectivity index (χ2v) is 3.73. The van der Waals surface area contributed by atoms with Gasteiger partial charge in [-0.1, -0.05) is 11.6 Å². The minimum Gasteiger partial charge on any atom is -0.508 e. The quantitative estimate of drug-likeness (QED) is 0.663.